The van der Waals surface area contributed by atoms with Crippen molar-refractivity contribution in [3.63, 3.8) is 0 Å². The van der Waals surface area contributed by atoms with E-state index in [2.05, 4.69) is 38.0 Å². The number of pyridine rings is 2. The van der Waals surface area contributed by atoms with Crippen LogP contribution in [0.25, 0.3) is 11.0 Å². The van der Waals surface area contributed by atoms with Gasteiger partial charge in [0.2, 0.25) is 5.91 Å². The Morgan fingerprint density at radius 3 is 2.54 bits per heavy atom. The highest BCUT2D eigenvalue weighted by molar-refractivity contribution is 5.84. The van der Waals surface area contributed by atoms with E-state index in [1.807, 2.05) is 36.7 Å². The lowest BCUT2D eigenvalue weighted by molar-refractivity contribution is -0.121. The van der Waals surface area contributed by atoms with Gasteiger partial charge in [-0.2, -0.15) is 5.10 Å². The molecule has 0 fully saturated rings. The molecule has 0 aliphatic carbocycles. The first kappa shape index (κ1) is 20.0. The summed E-state index contributed by atoms with van der Waals surface area (Å²) in [6.07, 6.45) is 2.82. The number of nitrogens with zero attached hydrogens (tertiary/aromatic N) is 4. The summed E-state index contributed by atoms with van der Waals surface area (Å²) < 4.78 is 2.00. The van der Waals surface area contributed by atoms with E-state index in [0.29, 0.717) is 19.4 Å². The summed E-state index contributed by atoms with van der Waals surface area (Å²) in [4.78, 5) is 21.4. The Bertz CT molecular complexity index is 999. The molecule has 28 heavy (non-hydrogen) atoms. The van der Waals surface area contributed by atoms with E-state index in [1.54, 1.807) is 6.20 Å². The van der Waals surface area contributed by atoms with Crippen molar-refractivity contribution < 1.29 is 4.79 Å². The van der Waals surface area contributed by atoms with Crippen LogP contribution in [0.2, 0.25) is 0 Å². The summed E-state index contributed by atoms with van der Waals surface area (Å²) in [7, 11) is 0. The zero-order valence-electron chi connectivity index (χ0n) is 17.6. The number of aromatic nitrogens is 4. The van der Waals surface area contributed by atoms with Crippen molar-refractivity contribution in [2.45, 2.75) is 66.5 Å². The summed E-state index contributed by atoms with van der Waals surface area (Å²) in [5, 5.41) is 8.77. The fraction of sp³-hybridized carbons (Fsp3) is 0.455. The van der Waals surface area contributed by atoms with E-state index in [1.165, 1.54) is 5.56 Å². The van der Waals surface area contributed by atoms with Gasteiger partial charge in [0.25, 0.3) is 0 Å². The maximum absolute atomic E-state index is 12.3. The smallest absolute Gasteiger partial charge is 0.220 e. The lowest BCUT2D eigenvalue weighted by Gasteiger charge is -2.20. The summed E-state index contributed by atoms with van der Waals surface area (Å²) >= 11 is 0. The lowest BCUT2D eigenvalue weighted by Crippen LogP contribution is -2.24. The maximum atomic E-state index is 12.3. The van der Waals surface area contributed by atoms with E-state index in [0.717, 1.165) is 33.7 Å². The molecule has 0 unspecified atom stereocenters. The molecule has 0 saturated heterocycles. The Balaban J connectivity index is 1.78. The van der Waals surface area contributed by atoms with Gasteiger partial charge in [-0.25, -0.2) is 9.67 Å². The topological polar surface area (TPSA) is 72.7 Å². The third kappa shape index (κ3) is 4.06. The molecule has 0 atom stereocenters. The number of rotatable bonds is 5. The van der Waals surface area contributed by atoms with Gasteiger partial charge in [0.05, 0.1) is 23.5 Å². The van der Waals surface area contributed by atoms with Crippen molar-refractivity contribution in [2.75, 3.05) is 0 Å². The predicted octanol–water partition coefficient (Wildman–Crippen LogP) is 3.76. The van der Waals surface area contributed by atoms with Crippen LogP contribution < -0.4 is 5.32 Å². The van der Waals surface area contributed by atoms with Crippen LogP contribution in [-0.2, 0) is 23.3 Å². The first-order valence-corrected chi connectivity index (χ1v) is 9.71. The molecule has 0 radical (unpaired) electrons. The molecule has 0 bridgehead atoms. The molecular formula is C22H29N5O. The average molecular weight is 380 g/mol. The van der Waals surface area contributed by atoms with E-state index in [4.69, 9.17) is 10.1 Å². The van der Waals surface area contributed by atoms with Gasteiger partial charge in [-0.05, 0) is 71.2 Å². The average Bonchev–Trinajstić information content (AvgIpc) is 2.97. The molecule has 1 N–H and O–H groups in total. The highest BCUT2D eigenvalue weighted by Gasteiger charge is 2.23. The van der Waals surface area contributed by atoms with Crippen LogP contribution >= 0.6 is 0 Å². The van der Waals surface area contributed by atoms with Crippen molar-refractivity contribution in [1.29, 1.82) is 0 Å². The van der Waals surface area contributed by atoms with Gasteiger partial charge in [0.15, 0.2) is 5.65 Å². The SMILES string of the molecule is Cc1nc2c(c(C)nn2C(C)(C)C)c(C)c1CCC(=O)NCc1ccccn1. The molecule has 3 heterocycles. The fourth-order valence-electron chi connectivity index (χ4n) is 3.56. The van der Waals surface area contributed by atoms with Crippen molar-refractivity contribution in [1.82, 2.24) is 25.1 Å². The van der Waals surface area contributed by atoms with E-state index in [9.17, 15) is 4.79 Å². The van der Waals surface area contributed by atoms with Crippen LogP contribution in [0.4, 0.5) is 0 Å². The fourth-order valence-corrected chi connectivity index (χ4v) is 3.56. The van der Waals surface area contributed by atoms with Gasteiger partial charge in [0.1, 0.15) is 0 Å². The van der Waals surface area contributed by atoms with Gasteiger partial charge in [-0.15, -0.1) is 0 Å². The minimum atomic E-state index is -0.134. The Labute approximate surface area is 166 Å². The first-order chi connectivity index (χ1) is 13.2. The molecule has 1 amide bonds. The molecule has 6 nitrogen and oxygen atoms in total. The Morgan fingerprint density at radius 1 is 1.14 bits per heavy atom. The van der Waals surface area contributed by atoms with Crippen LogP contribution in [0, 0.1) is 20.8 Å². The minimum absolute atomic E-state index is 0.0201. The van der Waals surface area contributed by atoms with Gasteiger partial charge in [0, 0.05) is 23.7 Å². The number of nitrogens with one attached hydrogen (secondary N) is 1. The molecule has 0 aromatic carbocycles. The zero-order chi connectivity index (χ0) is 20.5. The molecular weight excluding hydrogens is 350 g/mol. The normalized spacial score (nSPS) is 11.8. The van der Waals surface area contributed by atoms with Crippen molar-refractivity contribution in [3.8, 4) is 0 Å². The van der Waals surface area contributed by atoms with Crippen LogP contribution in [-0.4, -0.2) is 25.7 Å². The van der Waals surface area contributed by atoms with Gasteiger partial charge in [-0.1, -0.05) is 6.07 Å². The number of hydrogen-bond acceptors (Lipinski definition) is 4. The number of carbonyl (C=O) groups is 1. The second-order valence-electron chi connectivity index (χ2n) is 8.27. The Kier molecular flexibility index (Phi) is 5.49. The molecule has 3 aromatic rings. The van der Waals surface area contributed by atoms with Crippen molar-refractivity contribution in [3.05, 3.63) is 52.6 Å². The standard InChI is InChI=1S/C22H29N5O/c1-14-18(10-11-19(28)24-13-17-9-7-8-12-23-17)15(2)25-21-20(14)16(3)26-27(21)22(4,5)6/h7-9,12H,10-11,13H2,1-6H3,(H,24,28). The van der Waals surface area contributed by atoms with Crippen molar-refractivity contribution >= 4 is 16.9 Å². The highest BCUT2D eigenvalue weighted by Crippen LogP contribution is 2.29. The van der Waals surface area contributed by atoms with Crippen molar-refractivity contribution in [2.24, 2.45) is 0 Å². The number of fused-ring (bicyclic) bond motifs is 1. The number of amides is 1. The molecule has 0 saturated carbocycles. The van der Waals surface area contributed by atoms with Gasteiger partial charge >= 0.3 is 0 Å². The summed E-state index contributed by atoms with van der Waals surface area (Å²) in [5.41, 5.74) is 5.90. The number of carbonyl (C=O) groups excluding carboxylic acids is 1. The predicted molar refractivity (Wildman–Crippen MR) is 111 cm³/mol. The quantitative estimate of drug-likeness (QED) is 0.733. The second-order valence-corrected chi connectivity index (χ2v) is 8.27. The monoisotopic (exact) mass is 379 g/mol. The summed E-state index contributed by atoms with van der Waals surface area (Å²) in [5.74, 6) is 0.0201. The van der Waals surface area contributed by atoms with Gasteiger partial charge in [-0.3, -0.25) is 9.78 Å². The number of hydrogen-bond donors (Lipinski definition) is 1. The van der Waals surface area contributed by atoms with Gasteiger partial charge < -0.3 is 5.32 Å². The van der Waals surface area contributed by atoms with E-state index >= 15 is 0 Å². The molecule has 3 rings (SSSR count). The first-order valence-electron chi connectivity index (χ1n) is 9.71. The molecule has 148 valence electrons. The highest BCUT2D eigenvalue weighted by atomic mass is 16.1. The molecule has 3 aromatic heterocycles. The molecule has 0 aliphatic rings. The minimum Gasteiger partial charge on any atom is -0.350 e. The van der Waals surface area contributed by atoms with E-state index in [-0.39, 0.29) is 11.4 Å². The van der Waals surface area contributed by atoms with Crippen LogP contribution in [0.3, 0.4) is 0 Å². The Morgan fingerprint density at radius 2 is 1.89 bits per heavy atom. The maximum Gasteiger partial charge on any atom is 0.220 e. The second kappa shape index (κ2) is 7.70. The lowest BCUT2D eigenvalue weighted by atomic mass is 9.99. The number of aryl methyl sites for hydroxylation is 3. The third-order valence-electron chi connectivity index (χ3n) is 5.00. The third-order valence-corrected chi connectivity index (χ3v) is 5.00. The largest absolute Gasteiger partial charge is 0.350 e. The molecule has 0 spiro atoms. The van der Waals surface area contributed by atoms with Crippen LogP contribution in [0.15, 0.2) is 24.4 Å². The zero-order valence-corrected chi connectivity index (χ0v) is 17.6. The molecule has 0 aliphatic heterocycles. The van der Waals surface area contributed by atoms with Crippen LogP contribution in [0.5, 0.6) is 0 Å². The van der Waals surface area contributed by atoms with E-state index < -0.39 is 0 Å². The summed E-state index contributed by atoms with van der Waals surface area (Å²) in [6, 6.07) is 5.69. The Hall–Kier alpha value is -2.76. The van der Waals surface area contributed by atoms with Crippen LogP contribution in [0.1, 0.15) is 55.4 Å². The molecule has 6 heteroatoms. The summed E-state index contributed by atoms with van der Waals surface area (Å²) in [6.45, 7) is 13.0.